The second kappa shape index (κ2) is 9.72. The van der Waals surface area contributed by atoms with Crippen molar-refractivity contribution in [3.8, 4) is 6.07 Å². The van der Waals surface area contributed by atoms with Gasteiger partial charge in [-0.1, -0.05) is 6.07 Å². The van der Waals surface area contributed by atoms with Crippen LogP contribution in [0.3, 0.4) is 0 Å². The first-order valence-corrected chi connectivity index (χ1v) is 9.99. The number of aromatic nitrogens is 2. The average molecular weight is 549 g/mol. The van der Waals surface area contributed by atoms with Crippen LogP contribution in [0.2, 0.25) is 0 Å². The molecule has 0 saturated heterocycles. The van der Waals surface area contributed by atoms with Gasteiger partial charge in [0, 0.05) is 12.6 Å². The Morgan fingerprint density at radius 1 is 0.921 bits per heavy atom. The van der Waals surface area contributed by atoms with E-state index in [0.717, 1.165) is 18.2 Å². The first-order valence-electron chi connectivity index (χ1n) is 9.99. The molecule has 2 amide bonds. The predicted octanol–water partition coefficient (Wildman–Crippen LogP) is 5.61. The third-order valence-corrected chi connectivity index (χ3v) is 4.98. The molecule has 2 N–H and O–H groups in total. The number of carbonyl (C=O) groups excluding carboxylic acids is 2. The zero-order chi connectivity index (χ0) is 28.6. The summed E-state index contributed by atoms with van der Waals surface area (Å²) in [4.78, 5) is 24.9. The summed E-state index contributed by atoms with van der Waals surface area (Å²) in [6.45, 7) is 0. The molecule has 7 nitrogen and oxygen atoms in total. The summed E-state index contributed by atoms with van der Waals surface area (Å²) in [7, 11) is 0.561. The highest BCUT2D eigenvalue weighted by Gasteiger charge is 2.64. The number of amides is 2. The molecule has 1 aromatic heterocycles. The van der Waals surface area contributed by atoms with Crippen LogP contribution in [0.15, 0.2) is 42.5 Å². The first-order chi connectivity index (χ1) is 17.5. The maximum Gasteiger partial charge on any atom is 0.459 e. The summed E-state index contributed by atoms with van der Waals surface area (Å²) in [5.74, 6) is -11.7. The van der Waals surface area contributed by atoms with Gasteiger partial charge in [-0.3, -0.25) is 14.3 Å². The number of nitriles is 1. The third kappa shape index (κ3) is 5.26. The quantitative estimate of drug-likeness (QED) is 0.405. The molecular formula is C22H12F9N5O2. The lowest BCUT2D eigenvalue weighted by Gasteiger charge is -2.19. The monoisotopic (exact) mass is 549 g/mol. The molecular weight excluding hydrogens is 537 g/mol. The largest absolute Gasteiger partial charge is 0.459 e. The van der Waals surface area contributed by atoms with Gasteiger partial charge < -0.3 is 10.6 Å². The van der Waals surface area contributed by atoms with Crippen molar-refractivity contribution in [2.75, 3.05) is 10.6 Å². The van der Waals surface area contributed by atoms with E-state index in [-0.39, 0.29) is 15.8 Å². The van der Waals surface area contributed by atoms with Crippen LogP contribution in [0.25, 0.3) is 0 Å². The van der Waals surface area contributed by atoms with Crippen molar-refractivity contribution in [1.82, 2.24) is 9.78 Å². The molecule has 3 rings (SSSR count). The Morgan fingerprint density at radius 3 is 2.05 bits per heavy atom. The number of anilines is 2. The van der Waals surface area contributed by atoms with Crippen molar-refractivity contribution >= 4 is 23.3 Å². The van der Waals surface area contributed by atoms with Crippen molar-refractivity contribution in [3.05, 3.63) is 76.2 Å². The lowest BCUT2D eigenvalue weighted by atomic mass is 10.1. The Morgan fingerprint density at radius 2 is 1.53 bits per heavy atom. The number of nitrogens with zero attached hydrogens (tertiary/aromatic N) is 3. The number of hydrogen-bond acceptors (Lipinski definition) is 4. The van der Waals surface area contributed by atoms with E-state index in [1.807, 2.05) is 6.07 Å². The lowest BCUT2D eigenvalue weighted by molar-refractivity contribution is -0.292. The second-order valence-corrected chi connectivity index (χ2v) is 7.53. The zero-order valence-corrected chi connectivity index (χ0v) is 18.6. The van der Waals surface area contributed by atoms with Crippen LogP contribution in [-0.2, 0) is 19.1 Å². The molecule has 3 aromatic rings. The van der Waals surface area contributed by atoms with E-state index < -0.39 is 64.2 Å². The van der Waals surface area contributed by atoms with Gasteiger partial charge in [-0.05, 0) is 36.4 Å². The molecule has 1 heterocycles. The van der Waals surface area contributed by atoms with E-state index in [0.29, 0.717) is 7.05 Å². The Labute approximate surface area is 206 Å². The molecule has 38 heavy (non-hydrogen) atoms. The van der Waals surface area contributed by atoms with E-state index in [1.165, 1.54) is 29.6 Å². The van der Waals surface area contributed by atoms with Gasteiger partial charge in [0.25, 0.3) is 11.8 Å². The standard InChI is InChI=1S/C22H12F9N5O2/c1-36-17(14(21(26,27)28)16(35-36)20(24,25)22(29,30)31)34-19(38)12-3-2-4-13(15(12)23)33-18(37)11-7-5-10(9-32)6-8-11/h2-8H,1H3,(H,33,37)(H,34,38). The Bertz CT molecular complexity index is 1440. The number of alkyl halides is 8. The van der Waals surface area contributed by atoms with Crippen molar-refractivity contribution in [3.63, 3.8) is 0 Å². The maximum absolute atomic E-state index is 15.0. The minimum Gasteiger partial charge on any atom is -0.319 e. The van der Waals surface area contributed by atoms with Crippen molar-refractivity contribution in [1.29, 1.82) is 5.26 Å². The van der Waals surface area contributed by atoms with E-state index in [2.05, 4.69) is 10.4 Å². The van der Waals surface area contributed by atoms with Crippen molar-refractivity contribution in [2.24, 2.45) is 7.05 Å². The van der Waals surface area contributed by atoms with Crippen molar-refractivity contribution in [2.45, 2.75) is 18.3 Å². The number of halogens is 9. The van der Waals surface area contributed by atoms with Gasteiger partial charge in [0.2, 0.25) is 0 Å². The van der Waals surface area contributed by atoms with Crippen LogP contribution >= 0.6 is 0 Å². The van der Waals surface area contributed by atoms with Gasteiger partial charge in [0.15, 0.2) is 11.5 Å². The molecule has 2 aromatic carbocycles. The van der Waals surface area contributed by atoms with Crippen LogP contribution < -0.4 is 10.6 Å². The normalized spacial score (nSPS) is 12.1. The average Bonchev–Trinajstić information content (AvgIpc) is 3.16. The minimum absolute atomic E-state index is 0.0268. The smallest absolute Gasteiger partial charge is 0.319 e. The van der Waals surface area contributed by atoms with E-state index in [4.69, 9.17) is 5.26 Å². The van der Waals surface area contributed by atoms with Gasteiger partial charge in [-0.2, -0.15) is 45.5 Å². The molecule has 16 heteroatoms. The molecule has 0 aliphatic rings. The van der Waals surface area contributed by atoms with Crippen LogP contribution in [0.4, 0.5) is 51.0 Å². The molecule has 0 saturated carbocycles. The lowest BCUT2D eigenvalue weighted by Crippen LogP contribution is -2.36. The number of benzene rings is 2. The highest BCUT2D eigenvalue weighted by molar-refractivity contribution is 6.07. The van der Waals surface area contributed by atoms with E-state index in [9.17, 15) is 49.1 Å². The highest BCUT2D eigenvalue weighted by atomic mass is 19.4. The first kappa shape index (κ1) is 28.0. The number of hydrogen-bond donors (Lipinski definition) is 2. The number of aryl methyl sites for hydroxylation is 1. The summed E-state index contributed by atoms with van der Waals surface area (Å²) in [5.41, 5.74) is -6.70. The SMILES string of the molecule is Cn1nc(C(F)(F)C(F)(F)F)c(C(F)(F)F)c1NC(=O)c1cccc(NC(=O)c2ccc(C#N)cc2)c1F. The summed E-state index contributed by atoms with van der Waals surface area (Å²) in [5, 5.41) is 15.0. The molecule has 0 fully saturated rings. The highest BCUT2D eigenvalue weighted by Crippen LogP contribution is 2.49. The number of rotatable bonds is 5. The summed E-state index contributed by atoms with van der Waals surface area (Å²) in [6, 6.07) is 9.63. The fourth-order valence-electron chi connectivity index (χ4n) is 3.16. The Balaban J connectivity index is 1.97. The Kier molecular flexibility index (Phi) is 7.17. The molecule has 0 spiro atoms. The Hall–Kier alpha value is -4.55. The molecule has 0 atom stereocenters. The fraction of sp³-hybridized carbons (Fsp3) is 0.182. The zero-order valence-electron chi connectivity index (χ0n) is 18.6. The van der Waals surface area contributed by atoms with Gasteiger partial charge in [0.05, 0.1) is 22.9 Å². The predicted molar refractivity (Wildman–Crippen MR) is 112 cm³/mol. The van der Waals surface area contributed by atoms with Gasteiger partial charge in [-0.25, -0.2) is 4.39 Å². The fourth-order valence-corrected chi connectivity index (χ4v) is 3.16. The molecule has 0 radical (unpaired) electrons. The summed E-state index contributed by atoms with van der Waals surface area (Å²) in [6.07, 6.45) is -12.3. The van der Waals surface area contributed by atoms with E-state index in [1.54, 1.807) is 0 Å². The van der Waals surface area contributed by atoms with Crippen LogP contribution in [0, 0.1) is 17.1 Å². The van der Waals surface area contributed by atoms with Gasteiger partial charge in [-0.15, -0.1) is 0 Å². The summed E-state index contributed by atoms with van der Waals surface area (Å²) >= 11 is 0. The summed E-state index contributed by atoms with van der Waals surface area (Å²) < 4.78 is 121. The molecule has 0 aliphatic heterocycles. The number of nitrogens with one attached hydrogen (secondary N) is 2. The van der Waals surface area contributed by atoms with Gasteiger partial charge >= 0.3 is 18.3 Å². The molecule has 0 aliphatic carbocycles. The van der Waals surface area contributed by atoms with Crippen molar-refractivity contribution < 1.29 is 49.1 Å². The van der Waals surface area contributed by atoms with Crippen LogP contribution in [0.5, 0.6) is 0 Å². The molecule has 0 bridgehead atoms. The third-order valence-electron chi connectivity index (χ3n) is 4.98. The second-order valence-electron chi connectivity index (χ2n) is 7.53. The number of carbonyl (C=O) groups is 2. The van der Waals surface area contributed by atoms with Crippen LogP contribution in [-0.4, -0.2) is 27.8 Å². The van der Waals surface area contributed by atoms with Crippen LogP contribution in [0.1, 0.15) is 37.5 Å². The molecule has 0 unspecified atom stereocenters. The topological polar surface area (TPSA) is 99.8 Å². The molecule has 200 valence electrons. The van der Waals surface area contributed by atoms with E-state index >= 15 is 0 Å². The maximum atomic E-state index is 15.0. The minimum atomic E-state index is -6.45. The van der Waals surface area contributed by atoms with Gasteiger partial charge in [0.1, 0.15) is 11.4 Å².